The first-order valence-electron chi connectivity index (χ1n) is 5.34. The lowest BCUT2D eigenvalue weighted by molar-refractivity contribution is 0.306. The number of pyridine rings is 1. The summed E-state index contributed by atoms with van der Waals surface area (Å²) in [6, 6.07) is 7.19. The highest BCUT2D eigenvalue weighted by molar-refractivity contribution is 6.59. The van der Waals surface area contributed by atoms with Crippen LogP contribution in [-0.4, -0.2) is 22.2 Å². The van der Waals surface area contributed by atoms with Gasteiger partial charge in [-0.2, -0.15) is 0 Å². The van der Waals surface area contributed by atoms with Gasteiger partial charge in [0.15, 0.2) is 0 Å². The normalized spacial score (nSPS) is 10.2. The molecule has 1 heterocycles. The molecule has 0 fully saturated rings. The van der Waals surface area contributed by atoms with Crippen LogP contribution in [0.3, 0.4) is 0 Å². The van der Waals surface area contributed by atoms with Crippen LogP contribution in [0.2, 0.25) is 0 Å². The van der Waals surface area contributed by atoms with Gasteiger partial charge in [0.1, 0.15) is 18.2 Å². The van der Waals surface area contributed by atoms with Crippen LogP contribution in [0.5, 0.6) is 5.75 Å². The number of hydrogen-bond donors (Lipinski definition) is 2. The van der Waals surface area contributed by atoms with Gasteiger partial charge in [-0.1, -0.05) is 6.07 Å². The van der Waals surface area contributed by atoms with Crippen molar-refractivity contribution in [1.29, 1.82) is 0 Å². The molecule has 0 aliphatic heterocycles. The van der Waals surface area contributed by atoms with E-state index in [1.54, 1.807) is 18.5 Å². The van der Waals surface area contributed by atoms with Crippen molar-refractivity contribution in [3.05, 3.63) is 54.1 Å². The van der Waals surface area contributed by atoms with Crippen molar-refractivity contribution in [1.82, 2.24) is 4.98 Å². The van der Waals surface area contributed by atoms with Crippen molar-refractivity contribution in [2.75, 3.05) is 0 Å². The summed E-state index contributed by atoms with van der Waals surface area (Å²) in [5.74, 6) is -0.318. The van der Waals surface area contributed by atoms with Crippen LogP contribution in [0.4, 0.5) is 4.39 Å². The summed E-state index contributed by atoms with van der Waals surface area (Å²) in [6.07, 6.45) is 3.28. The predicted octanol–water partition coefficient (Wildman–Crippen LogP) is 0.479. The van der Waals surface area contributed by atoms with Gasteiger partial charge in [0.2, 0.25) is 0 Å². The van der Waals surface area contributed by atoms with Gasteiger partial charge in [0, 0.05) is 23.4 Å². The predicted molar refractivity (Wildman–Crippen MR) is 64.8 cm³/mol. The third-order valence-electron chi connectivity index (χ3n) is 2.37. The van der Waals surface area contributed by atoms with Crippen LogP contribution in [0.15, 0.2) is 42.7 Å². The maximum absolute atomic E-state index is 13.0. The van der Waals surface area contributed by atoms with E-state index in [0.29, 0.717) is 0 Å². The van der Waals surface area contributed by atoms with Crippen LogP contribution in [0, 0.1) is 5.82 Å². The van der Waals surface area contributed by atoms with Crippen LogP contribution >= 0.6 is 0 Å². The number of nitrogens with zero attached hydrogens (tertiary/aromatic N) is 1. The van der Waals surface area contributed by atoms with Gasteiger partial charge in [0.25, 0.3) is 0 Å². The van der Waals surface area contributed by atoms with Crippen molar-refractivity contribution >= 4 is 12.6 Å². The average molecular weight is 247 g/mol. The minimum atomic E-state index is -1.77. The van der Waals surface area contributed by atoms with E-state index >= 15 is 0 Å². The van der Waals surface area contributed by atoms with E-state index in [0.717, 1.165) is 11.6 Å². The van der Waals surface area contributed by atoms with Crippen molar-refractivity contribution in [3.8, 4) is 5.75 Å². The Balaban J connectivity index is 2.14. The van der Waals surface area contributed by atoms with Crippen LogP contribution in [0.25, 0.3) is 0 Å². The van der Waals surface area contributed by atoms with Gasteiger partial charge in [-0.15, -0.1) is 0 Å². The third kappa shape index (κ3) is 3.06. The monoisotopic (exact) mass is 247 g/mol. The molecule has 18 heavy (non-hydrogen) atoms. The third-order valence-corrected chi connectivity index (χ3v) is 2.37. The first-order chi connectivity index (χ1) is 8.66. The fraction of sp³-hybridized carbons (Fsp3) is 0.0833. The molecule has 0 saturated carbocycles. The maximum atomic E-state index is 13.0. The van der Waals surface area contributed by atoms with E-state index in [4.69, 9.17) is 14.8 Å². The fourth-order valence-corrected chi connectivity index (χ4v) is 1.50. The molecule has 2 rings (SSSR count). The number of ether oxygens (including phenoxy) is 1. The molecule has 0 spiro atoms. The largest absolute Gasteiger partial charge is 0.492 e. The number of aromatic nitrogens is 1. The molecule has 4 nitrogen and oxygen atoms in total. The standard InChI is InChI=1S/C12H11BFNO3/c14-10-3-4-12(11(6-10)13(16)17)18-8-9-2-1-5-15-7-9/h1-7,16-17H,8H2. The Bertz CT molecular complexity index is 522. The Hall–Kier alpha value is -1.92. The summed E-state index contributed by atoms with van der Waals surface area (Å²) >= 11 is 0. The summed E-state index contributed by atoms with van der Waals surface area (Å²) in [5, 5.41) is 18.2. The summed E-state index contributed by atoms with van der Waals surface area (Å²) in [6.45, 7) is 0.221. The van der Waals surface area contributed by atoms with E-state index in [1.165, 1.54) is 12.1 Å². The van der Waals surface area contributed by atoms with Gasteiger partial charge in [-0.05, 0) is 24.3 Å². The van der Waals surface area contributed by atoms with Gasteiger partial charge >= 0.3 is 7.12 Å². The van der Waals surface area contributed by atoms with Gasteiger partial charge in [-0.25, -0.2) is 4.39 Å². The highest BCUT2D eigenvalue weighted by atomic mass is 19.1. The number of benzene rings is 1. The first-order valence-corrected chi connectivity index (χ1v) is 5.34. The molecule has 0 atom stereocenters. The van der Waals surface area contributed by atoms with Crippen LogP contribution < -0.4 is 10.2 Å². The minimum absolute atomic E-state index is 0.00103. The molecule has 0 aliphatic rings. The molecular weight excluding hydrogens is 236 g/mol. The molecule has 92 valence electrons. The molecule has 2 aromatic rings. The fourth-order valence-electron chi connectivity index (χ4n) is 1.50. The van der Waals surface area contributed by atoms with Gasteiger partial charge < -0.3 is 14.8 Å². The van der Waals surface area contributed by atoms with E-state index in [2.05, 4.69) is 4.98 Å². The lowest BCUT2D eigenvalue weighted by Gasteiger charge is -2.11. The molecule has 0 radical (unpaired) electrons. The number of rotatable bonds is 4. The van der Waals surface area contributed by atoms with E-state index in [-0.39, 0.29) is 17.8 Å². The Kier molecular flexibility index (Phi) is 3.91. The zero-order valence-corrected chi connectivity index (χ0v) is 9.45. The first kappa shape index (κ1) is 12.5. The molecule has 1 aromatic heterocycles. The number of halogens is 1. The molecule has 0 saturated heterocycles. The Morgan fingerprint density at radius 3 is 2.78 bits per heavy atom. The molecule has 1 aromatic carbocycles. The molecule has 2 N–H and O–H groups in total. The smallest absolute Gasteiger partial charge is 0.489 e. The molecule has 6 heteroatoms. The summed E-state index contributed by atoms with van der Waals surface area (Å²) in [4.78, 5) is 3.93. The van der Waals surface area contributed by atoms with Crippen LogP contribution in [-0.2, 0) is 6.61 Å². The molecular formula is C12H11BFNO3. The second-order valence-corrected chi connectivity index (χ2v) is 3.71. The Morgan fingerprint density at radius 1 is 1.28 bits per heavy atom. The Labute approximate surface area is 104 Å². The zero-order valence-electron chi connectivity index (χ0n) is 9.45. The van der Waals surface area contributed by atoms with Crippen LogP contribution in [0.1, 0.15) is 5.56 Å². The highest BCUT2D eigenvalue weighted by Crippen LogP contribution is 2.11. The average Bonchev–Trinajstić information content (AvgIpc) is 2.38. The summed E-state index contributed by atoms with van der Waals surface area (Å²) < 4.78 is 18.4. The van der Waals surface area contributed by atoms with Crippen molar-refractivity contribution in [2.24, 2.45) is 0 Å². The van der Waals surface area contributed by atoms with Crippen molar-refractivity contribution in [2.45, 2.75) is 6.61 Å². The van der Waals surface area contributed by atoms with Gasteiger partial charge in [-0.3, -0.25) is 4.98 Å². The zero-order chi connectivity index (χ0) is 13.0. The SMILES string of the molecule is OB(O)c1cc(F)ccc1OCc1cccnc1. The molecule has 0 aliphatic carbocycles. The van der Waals surface area contributed by atoms with E-state index in [9.17, 15) is 4.39 Å². The van der Waals surface area contributed by atoms with Crippen molar-refractivity contribution in [3.63, 3.8) is 0 Å². The second kappa shape index (κ2) is 5.62. The molecule has 0 bridgehead atoms. The number of hydrogen-bond acceptors (Lipinski definition) is 4. The second-order valence-electron chi connectivity index (χ2n) is 3.71. The maximum Gasteiger partial charge on any atom is 0.492 e. The minimum Gasteiger partial charge on any atom is -0.489 e. The quantitative estimate of drug-likeness (QED) is 0.771. The lowest BCUT2D eigenvalue weighted by atomic mass is 9.79. The lowest BCUT2D eigenvalue weighted by Crippen LogP contribution is -2.31. The van der Waals surface area contributed by atoms with E-state index < -0.39 is 12.9 Å². The summed E-state index contributed by atoms with van der Waals surface area (Å²) in [7, 11) is -1.77. The Morgan fingerprint density at radius 2 is 2.11 bits per heavy atom. The van der Waals surface area contributed by atoms with E-state index in [1.807, 2.05) is 6.07 Å². The van der Waals surface area contributed by atoms with Crippen molar-refractivity contribution < 1.29 is 19.2 Å². The molecule has 0 unspecified atom stereocenters. The molecule has 0 amide bonds. The topological polar surface area (TPSA) is 62.6 Å². The summed E-state index contributed by atoms with van der Waals surface area (Å²) in [5.41, 5.74) is 0.832. The van der Waals surface area contributed by atoms with Gasteiger partial charge in [0.05, 0.1) is 0 Å². The highest BCUT2D eigenvalue weighted by Gasteiger charge is 2.18.